The van der Waals surface area contributed by atoms with Gasteiger partial charge in [-0.05, 0) is 24.3 Å². The monoisotopic (exact) mass is 286 g/mol. The average molecular weight is 286 g/mol. The second-order valence-corrected chi connectivity index (χ2v) is 5.04. The molecule has 2 N–H and O–H groups in total. The molecular formula is C13H10N4O2S. The number of carbonyl (C=O) groups is 1. The third-order valence-electron chi connectivity index (χ3n) is 2.50. The van der Waals surface area contributed by atoms with E-state index in [1.165, 1.54) is 11.8 Å². The first-order valence-corrected chi connectivity index (χ1v) is 6.62. The lowest BCUT2D eigenvalue weighted by atomic mass is 10.4. The highest BCUT2D eigenvalue weighted by atomic mass is 32.2. The molecule has 0 saturated heterocycles. The fourth-order valence-electron chi connectivity index (χ4n) is 1.70. The van der Waals surface area contributed by atoms with Crippen molar-refractivity contribution in [2.45, 2.75) is 9.92 Å². The number of anilines is 1. The van der Waals surface area contributed by atoms with Gasteiger partial charge in [0.2, 0.25) is 0 Å². The van der Waals surface area contributed by atoms with Crippen LogP contribution in [0.15, 0.2) is 58.6 Å². The first-order chi connectivity index (χ1) is 9.70. The Morgan fingerprint density at radius 3 is 2.75 bits per heavy atom. The van der Waals surface area contributed by atoms with Gasteiger partial charge in [0.25, 0.3) is 0 Å². The number of nitrogens with zero attached hydrogens (tertiary/aromatic N) is 3. The topological polar surface area (TPSA) is 79.5 Å². The van der Waals surface area contributed by atoms with E-state index in [2.05, 4.69) is 15.4 Å². The quantitative estimate of drug-likeness (QED) is 0.773. The number of carboxylic acid groups (broad SMARTS) is 1. The summed E-state index contributed by atoms with van der Waals surface area (Å²) in [6, 6.07) is 13.5. The lowest BCUT2D eigenvalue weighted by Gasteiger charge is -2.00. The van der Waals surface area contributed by atoms with Crippen molar-refractivity contribution in [1.82, 2.24) is 14.6 Å². The number of fused-ring (bicyclic) bond motifs is 1. The summed E-state index contributed by atoms with van der Waals surface area (Å²) >= 11 is 1.53. The Balaban J connectivity index is 1.88. The summed E-state index contributed by atoms with van der Waals surface area (Å²) in [5.41, 5.74) is 0.589. The number of rotatable bonds is 3. The zero-order valence-corrected chi connectivity index (χ0v) is 11.0. The number of hydrogen-bond donors (Lipinski definition) is 2. The fraction of sp³-hybridized carbons (Fsp3) is 0. The summed E-state index contributed by atoms with van der Waals surface area (Å²) in [5, 5.41) is 16.0. The summed E-state index contributed by atoms with van der Waals surface area (Å²) < 4.78 is 1.55. The van der Waals surface area contributed by atoms with Gasteiger partial charge < -0.3 is 5.11 Å². The highest BCUT2D eigenvalue weighted by molar-refractivity contribution is 7.99. The van der Waals surface area contributed by atoms with Crippen molar-refractivity contribution < 1.29 is 9.90 Å². The summed E-state index contributed by atoms with van der Waals surface area (Å²) in [4.78, 5) is 15.8. The van der Waals surface area contributed by atoms with Gasteiger partial charge in [-0.3, -0.25) is 5.32 Å². The van der Waals surface area contributed by atoms with Crippen LogP contribution in [0.3, 0.4) is 0 Å². The van der Waals surface area contributed by atoms with E-state index in [4.69, 9.17) is 5.11 Å². The van der Waals surface area contributed by atoms with Crippen molar-refractivity contribution in [3.05, 3.63) is 48.7 Å². The summed E-state index contributed by atoms with van der Waals surface area (Å²) in [7, 11) is 0. The van der Waals surface area contributed by atoms with Crippen LogP contribution in [0, 0.1) is 0 Å². The molecule has 1 aromatic carbocycles. The van der Waals surface area contributed by atoms with Crippen LogP contribution >= 0.6 is 11.8 Å². The molecule has 0 aliphatic heterocycles. The van der Waals surface area contributed by atoms with Gasteiger partial charge >= 0.3 is 6.09 Å². The maximum atomic E-state index is 10.6. The molecule has 7 heteroatoms. The van der Waals surface area contributed by atoms with Gasteiger partial charge in [-0.1, -0.05) is 30.0 Å². The number of aromatic nitrogens is 3. The number of amides is 1. The SMILES string of the molecule is O=C(O)Nc1cn2nc(Sc3ccccc3)ccc2n1. The smallest absolute Gasteiger partial charge is 0.410 e. The molecule has 0 bridgehead atoms. The van der Waals surface area contributed by atoms with Crippen LogP contribution in [0.2, 0.25) is 0 Å². The van der Waals surface area contributed by atoms with Crippen molar-refractivity contribution in [3.63, 3.8) is 0 Å². The predicted octanol–water partition coefficient (Wildman–Crippen LogP) is 2.97. The number of benzene rings is 1. The Bertz CT molecular complexity index is 757. The van der Waals surface area contributed by atoms with Crippen molar-refractivity contribution in [2.24, 2.45) is 0 Å². The van der Waals surface area contributed by atoms with Gasteiger partial charge in [-0.15, -0.1) is 0 Å². The average Bonchev–Trinajstić information content (AvgIpc) is 2.80. The minimum absolute atomic E-state index is 0.256. The van der Waals surface area contributed by atoms with Gasteiger partial charge in [-0.25, -0.2) is 14.3 Å². The van der Waals surface area contributed by atoms with Gasteiger partial charge in [0.15, 0.2) is 11.5 Å². The lowest BCUT2D eigenvalue weighted by Crippen LogP contribution is -2.07. The van der Waals surface area contributed by atoms with Crippen LogP contribution in [0.4, 0.5) is 10.6 Å². The number of nitrogens with one attached hydrogen (secondary N) is 1. The molecule has 0 spiro atoms. The molecule has 2 aromatic heterocycles. The molecule has 0 fully saturated rings. The minimum atomic E-state index is -1.15. The third-order valence-corrected chi connectivity index (χ3v) is 3.43. The lowest BCUT2D eigenvalue weighted by molar-refractivity contribution is 0.209. The van der Waals surface area contributed by atoms with Crippen molar-refractivity contribution in [2.75, 3.05) is 5.32 Å². The summed E-state index contributed by atoms with van der Waals surface area (Å²) in [6.07, 6.45) is 0.394. The molecule has 20 heavy (non-hydrogen) atoms. The van der Waals surface area contributed by atoms with Gasteiger partial charge in [0.05, 0.1) is 6.20 Å². The normalized spacial score (nSPS) is 10.6. The standard InChI is InChI=1S/C13H10N4O2S/c18-13(19)15-10-8-17-11(14-10)6-7-12(16-17)20-9-4-2-1-3-5-9/h1-8,15H,(H,18,19). The van der Waals surface area contributed by atoms with E-state index >= 15 is 0 Å². The minimum Gasteiger partial charge on any atom is -0.465 e. The molecule has 0 aliphatic carbocycles. The Morgan fingerprint density at radius 2 is 2.00 bits per heavy atom. The molecule has 100 valence electrons. The van der Waals surface area contributed by atoms with Gasteiger partial charge in [0, 0.05) is 4.90 Å². The molecule has 6 nitrogen and oxygen atoms in total. The van der Waals surface area contributed by atoms with Crippen LogP contribution in [0.25, 0.3) is 5.65 Å². The molecule has 3 rings (SSSR count). The number of hydrogen-bond acceptors (Lipinski definition) is 4. The maximum absolute atomic E-state index is 10.6. The molecule has 0 aliphatic rings. The Hall–Kier alpha value is -2.54. The molecule has 2 heterocycles. The second kappa shape index (κ2) is 5.22. The molecule has 3 aromatic rings. The Kier molecular flexibility index (Phi) is 3.26. The second-order valence-electron chi connectivity index (χ2n) is 3.95. The molecule has 0 radical (unpaired) electrons. The van der Waals surface area contributed by atoms with Crippen LogP contribution < -0.4 is 5.32 Å². The van der Waals surface area contributed by atoms with Crippen LogP contribution in [-0.4, -0.2) is 25.8 Å². The third kappa shape index (κ3) is 2.72. The van der Waals surface area contributed by atoms with Crippen LogP contribution in [0.1, 0.15) is 0 Å². The van der Waals surface area contributed by atoms with E-state index in [1.54, 1.807) is 16.8 Å². The van der Waals surface area contributed by atoms with Crippen molar-refractivity contribution >= 4 is 29.3 Å². The van der Waals surface area contributed by atoms with E-state index in [0.29, 0.717) is 5.65 Å². The molecule has 1 amide bonds. The zero-order chi connectivity index (χ0) is 13.9. The van der Waals surface area contributed by atoms with Crippen LogP contribution in [-0.2, 0) is 0 Å². The predicted molar refractivity (Wildman–Crippen MR) is 75.2 cm³/mol. The van der Waals surface area contributed by atoms with E-state index in [-0.39, 0.29) is 5.82 Å². The van der Waals surface area contributed by atoms with Crippen molar-refractivity contribution in [3.8, 4) is 0 Å². The highest BCUT2D eigenvalue weighted by Crippen LogP contribution is 2.25. The first-order valence-electron chi connectivity index (χ1n) is 5.80. The van der Waals surface area contributed by atoms with Crippen molar-refractivity contribution in [1.29, 1.82) is 0 Å². The van der Waals surface area contributed by atoms with E-state index in [1.807, 2.05) is 36.4 Å². The van der Waals surface area contributed by atoms with Gasteiger partial charge in [-0.2, -0.15) is 5.10 Å². The molecule has 0 atom stereocenters. The molecular weight excluding hydrogens is 276 g/mol. The highest BCUT2D eigenvalue weighted by Gasteiger charge is 2.06. The molecule has 0 unspecified atom stereocenters. The number of imidazole rings is 1. The summed E-state index contributed by atoms with van der Waals surface area (Å²) in [6.45, 7) is 0. The Morgan fingerprint density at radius 1 is 1.20 bits per heavy atom. The largest absolute Gasteiger partial charge is 0.465 e. The molecule has 0 saturated carbocycles. The van der Waals surface area contributed by atoms with E-state index < -0.39 is 6.09 Å². The van der Waals surface area contributed by atoms with E-state index in [0.717, 1.165) is 9.92 Å². The van der Waals surface area contributed by atoms with Crippen LogP contribution in [0.5, 0.6) is 0 Å². The summed E-state index contributed by atoms with van der Waals surface area (Å²) in [5.74, 6) is 0.256. The maximum Gasteiger partial charge on any atom is 0.410 e. The van der Waals surface area contributed by atoms with Gasteiger partial charge in [0.1, 0.15) is 5.03 Å². The zero-order valence-electron chi connectivity index (χ0n) is 10.2. The Labute approximate surface area is 118 Å². The van der Waals surface area contributed by atoms with E-state index in [9.17, 15) is 4.79 Å². The fourth-order valence-corrected chi connectivity index (χ4v) is 2.50. The first kappa shape index (κ1) is 12.5.